The number of fused-ring (bicyclic) bond motifs is 1. The lowest BCUT2D eigenvalue weighted by molar-refractivity contribution is -0.139. The maximum Gasteiger partial charge on any atom is 0.419 e. The highest BCUT2D eigenvalue weighted by atomic mass is 19.4. The van der Waals surface area contributed by atoms with Gasteiger partial charge in [0, 0.05) is 51.0 Å². The lowest BCUT2D eigenvalue weighted by Gasteiger charge is -2.34. The molecule has 0 aromatic heterocycles. The van der Waals surface area contributed by atoms with Crippen molar-refractivity contribution >= 4 is 11.7 Å². The van der Waals surface area contributed by atoms with Crippen LogP contribution in [-0.2, 0) is 6.18 Å². The molecule has 0 bridgehead atoms. The molecule has 3 unspecified atom stereocenters. The van der Waals surface area contributed by atoms with Crippen molar-refractivity contribution in [3.05, 3.63) is 29.6 Å². The summed E-state index contributed by atoms with van der Waals surface area (Å²) in [7, 11) is 0. The number of nitrogens with zero attached hydrogens (tertiary/aromatic N) is 2. The van der Waals surface area contributed by atoms with Crippen LogP contribution in [0, 0.1) is 17.7 Å². The van der Waals surface area contributed by atoms with E-state index in [0.29, 0.717) is 24.4 Å². The van der Waals surface area contributed by atoms with Crippen LogP contribution in [0.5, 0.6) is 0 Å². The van der Waals surface area contributed by atoms with Gasteiger partial charge >= 0.3 is 12.2 Å². The molecule has 1 heterocycles. The predicted molar refractivity (Wildman–Crippen MR) is 101 cm³/mol. The molecule has 3 aliphatic rings. The molecule has 2 amide bonds. The zero-order chi connectivity index (χ0) is 20.6. The molecule has 1 aliphatic heterocycles. The van der Waals surface area contributed by atoms with Gasteiger partial charge in [0.05, 0.1) is 5.56 Å². The summed E-state index contributed by atoms with van der Waals surface area (Å²) in [6, 6.07) is 2.31. The predicted octanol–water partition coefficient (Wildman–Crippen LogP) is 3.38. The van der Waals surface area contributed by atoms with Crippen molar-refractivity contribution in [1.29, 1.82) is 0 Å². The van der Waals surface area contributed by atoms with Crippen LogP contribution in [0.1, 0.15) is 24.8 Å². The number of nitrogens with one attached hydrogen (secondary N) is 2. The molecule has 160 valence electrons. The molecule has 9 heteroatoms. The molecule has 1 aromatic carbocycles. The van der Waals surface area contributed by atoms with Crippen LogP contribution in [-0.4, -0.2) is 61.1 Å². The van der Waals surface area contributed by atoms with E-state index in [2.05, 4.69) is 15.5 Å². The number of anilines is 1. The lowest BCUT2D eigenvalue weighted by Crippen LogP contribution is -2.50. The van der Waals surface area contributed by atoms with Crippen molar-refractivity contribution in [3.63, 3.8) is 0 Å². The van der Waals surface area contributed by atoms with Crippen molar-refractivity contribution < 1.29 is 22.4 Å². The van der Waals surface area contributed by atoms with Crippen LogP contribution >= 0.6 is 0 Å². The second-order valence-corrected chi connectivity index (χ2v) is 8.21. The largest absolute Gasteiger partial charge is 0.419 e. The quantitative estimate of drug-likeness (QED) is 0.727. The SMILES string of the molecule is O=C(Nc1ccc(F)c(C(F)(F)F)c1)N(CCN1CCNCC1)C1CCC2CC21. The highest BCUT2D eigenvalue weighted by Crippen LogP contribution is 2.53. The van der Waals surface area contributed by atoms with E-state index in [0.717, 1.165) is 58.1 Å². The molecule has 0 spiro atoms. The van der Waals surface area contributed by atoms with Crippen LogP contribution in [0.2, 0.25) is 0 Å². The average molecular weight is 414 g/mol. The fraction of sp³-hybridized carbons (Fsp3) is 0.650. The third-order valence-electron chi connectivity index (χ3n) is 6.36. The van der Waals surface area contributed by atoms with Gasteiger partial charge in [0.15, 0.2) is 0 Å². The van der Waals surface area contributed by atoms with Gasteiger partial charge in [-0.2, -0.15) is 13.2 Å². The topological polar surface area (TPSA) is 47.6 Å². The molecule has 1 aromatic rings. The molecule has 3 atom stereocenters. The van der Waals surface area contributed by atoms with E-state index in [1.165, 1.54) is 6.07 Å². The summed E-state index contributed by atoms with van der Waals surface area (Å²) in [6.45, 7) is 4.93. The van der Waals surface area contributed by atoms with E-state index >= 15 is 0 Å². The summed E-state index contributed by atoms with van der Waals surface area (Å²) in [5.74, 6) is -0.164. The number of carbonyl (C=O) groups is 1. The zero-order valence-corrected chi connectivity index (χ0v) is 16.1. The second kappa shape index (κ2) is 8.10. The third-order valence-corrected chi connectivity index (χ3v) is 6.36. The fourth-order valence-corrected chi connectivity index (χ4v) is 4.68. The number of halogens is 4. The molecule has 0 radical (unpaired) electrons. The Morgan fingerprint density at radius 1 is 1.24 bits per heavy atom. The van der Waals surface area contributed by atoms with E-state index in [1.54, 1.807) is 4.90 Å². The number of hydrogen-bond acceptors (Lipinski definition) is 3. The number of hydrogen-bond donors (Lipinski definition) is 2. The smallest absolute Gasteiger partial charge is 0.320 e. The molecule has 1 saturated heterocycles. The number of carbonyl (C=O) groups excluding carboxylic acids is 1. The normalized spacial score (nSPS) is 26.8. The Kier molecular flexibility index (Phi) is 5.70. The minimum Gasteiger partial charge on any atom is -0.320 e. The van der Waals surface area contributed by atoms with E-state index < -0.39 is 23.6 Å². The van der Waals surface area contributed by atoms with E-state index in [-0.39, 0.29) is 11.7 Å². The average Bonchev–Trinajstić information content (AvgIpc) is 3.35. The van der Waals surface area contributed by atoms with Crippen LogP contribution < -0.4 is 10.6 Å². The molecule has 2 aliphatic carbocycles. The molecular formula is C20H26F4N4O. The molecule has 3 fully saturated rings. The Morgan fingerprint density at radius 3 is 2.62 bits per heavy atom. The summed E-state index contributed by atoms with van der Waals surface area (Å²) in [5, 5.41) is 5.87. The Balaban J connectivity index is 1.46. The van der Waals surface area contributed by atoms with Gasteiger partial charge in [0.25, 0.3) is 0 Å². The molecule has 2 saturated carbocycles. The number of urea groups is 1. The van der Waals surface area contributed by atoms with E-state index in [4.69, 9.17) is 0 Å². The number of benzene rings is 1. The first-order valence-corrected chi connectivity index (χ1v) is 10.2. The van der Waals surface area contributed by atoms with Crippen molar-refractivity contribution in [1.82, 2.24) is 15.1 Å². The molecule has 29 heavy (non-hydrogen) atoms. The van der Waals surface area contributed by atoms with Gasteiger partial charge in [-0.15, -0.1) is 0 Å². The van der Waals surface area contributed by atoms with Crippen LogP contribution in [0.4, 0.5) is 28.0 Å². The highest BCUT2D eigenvalue weighted by molar-refractivity contribution is 5.89. The van der Waals surface area contributed by atoms with Crippen LogP contribution in [0.25, 0.3) is 0 Å². The molecular weight excluding hydrogens is 388 g/mol. The summed E-state index contributed by atoms with van der Waals surface area (Å²) in [5.41, 5.74) is -1.41. The fourth-order valence-electron chi connectivity index (χ4n) is 4.68. The Hall–Kier alpha value is -1.87. The summed E-state index contributed by atoms with van der Waals surface area (Å²) in [4.78, 5) is 17.1. The van der Waals surface area contributed by atoms with E-state index in [9.17, 15) is 22.4 Å². The maximum absolute atomic E-state index is 13.5. The highest BCUT2D eigenvalue weighted by Gasteiger charge is 2.51. The van der Waals surface area contributed by atoms with Gasteiger partial charge in [-0.25, -0.2) is 9.18 Å². The minimum absolute atomic E-state index is 0.0405. The van der Waals surface area contributed by atoms with Gasteiger partial charge < -0.3 is 15.5 Å². The number of amides is 2. The maximum atomic E-state index is 13.5. The number of rotatable bonds is 5. The van der Waals surface area contributed by atoms with Gasteiger partial charge in [0.2, 0.25) is 0 Å². The zero-order valence-electron chi connectivity index (χ0n) is 16.1. The van der Waals surface area contributed by atoms with Gasteiger partial charge in [-0.1, -0.05) is 0 Å². The van der Waals surface area contributed by atoms with Gasteiger partial charge in [-0.3, -0.25) is 4.90 Å². The first-order chi connectivity index (χ1) is 13.8. The summed E-state index contributed by atoms with van der Waals surface area (Å²) in [6.07, 6.45) is -1.65. The van der Waals surface area contributed by atoms with Gasteiger partial charge in [0.1, 0.15) is 5.82 Å². The second-order valence-electron chi connectivity index (χ2n) is 8.21. The van der Waals surface area contributed by atoms with Crippen LogP contribution in [0.3, 0.4) is 0 Å². The number of piperazine rings is 1. The number of alkyl halides is 3. The third kappa shape index (κ3) is 4.66. The van der Waals surface area contributed by atoms with Gasteiger partial charge in [-0.05, 0) is 49.3 Å². The van der Waals surface area contributed by atoms with Crippen LogP contribution in [0.15, 0.2) is 18.2 Å². The Morgan fingerprint density at radius 2 is 2.00 bits per heavy atom. The molecule has 2 N–H and O–H groups in total. The molecule has 4 rings (SSSR count). The lowest BCUT2D eigenvalue weighted by atomic mass is 10.1. The Bertz CT molecular complexity index is 750. The van der Waals surface area contributed by atoms with Crippen molar-refractivity contribution in [3.8, 4) is 0 Å². The minimum atomic E-state index is -4.81. The monoisotopic (exact) mass is 414 g/mol. The van der Waals surface area contributed by atoms with Crippen molar-refractivity contribution in [2.75, 3.05) is 44.6 Å². The van der Waals surface area contributed by atoms with Crippen molar-refractivity contribution in [2.45, 2.75) is 31.5 Å². The first kappa shape index (κ1) is 20.4. The Labute approximate surface area is 167 Å². The first-order valence-electron chi connectivity index (χ1n) is 10.2. The summed E-state index contributed by atoms with van der Waals surface area (Å²) >= 11 is 0. The summed E-state index contributed by atoms with van der Waals surface area (Å²) < 4.78 is 52.5. The van der Waals surface area contributed by atoms with Crippen molar-refractivity contribution in [2.24, 2.45) is 11.8 Å². The van der Waals surface area contributed by atoms with E-state index in [1.807, 2.05) is 0 Å². The standard InChI is InChI=1S/C20H26F4N4O/c21-17-3-2-14(12-16(17)20(22,23)24)26-19(29)28(18-4-1-13-11-15(13)18)10-9-27-7-5-25-6-8-27/h2-3,12-13,15,18,25H,1,4-11H2,(H,26,29). The molecule has 5 nitrogen and oxygen atoms in total.